The number of alkyl halides is 1. The molecule has 0 saturated carbocycles. The molecular formula is C15H22BrFN2. The van der Waals surface area contributed by atoms with Gasteiger partial charge in [-0.3, -0.25) is 5.41 Å². The Morgan fingerprint density at radius 3 is 2.47 bits per heavy atom. The fraction of sp³-hybridized carbons (Fsp3) is 0.533. The molecule has 2 nitrogen and oxygen atoms in total. The highest BCUT2D eigenvalue weighted by atomic mass is 79.9. The second kappa shape index (κ2) is 8.31. The van der Waals surface area contributed by atoms with Crippen LogP contribution < -0.4 is 5.32 Å². The van der Waals surface area contributed by atoms with Crippen LogP contribution in [0, 0.1) is 5.41 Å². The zero-order valence-corrected chi connectivity index (χ0v) is 13.1. The van der Waals surface area contributed by atoms with Gasteiger partial charge in [0.15, 0.2) is 0 Å². The van der Waals surface area contributed by atoms with E-state index < -0.39 is 6.17 Å². The van der Waals surface area contributed by atoms with Crippen molar-refractivity contribution in [1.29, 1.82) is 5.41 Å². The maximum atomic E-state index is 14.1. The van der Waals surface area contributed by atoms with Gasteiger partial charge in [0.25, 0.3) is 0 Å². The molecule has 0 aromatic heterocycles. The highest BCUT2D eigenvalue weighted by Gasteiger charge is 2.20. The number of anilines is 1. The molecule has 0 radical (unpaired) electrons. The molecule has 0 aliphatic carbocycles. The predicted octanol–water partition coefficient (Wildman–Crippen LogP) is 5.13. The molecule has 0 spiro atoms. The Balaban J connectivity index is 2.87. The van der Waals surface area contributed by atoms with Crippen molar-refractivity contribution in [2.24, 2.45) is 0 Å². The van der Waals surface area contributed by atoms with Crippen molar-refractivity contribution in [1.82, 2.24) is 0 Å². The van der Waals surface area contributed by atoms with Crippen LogP contribution in [-0.4, -0.2) is 16.8 Å². The van der Waals surface area contributed by atoms with Crippen molar-refractivity contribution in [3.63, 3.8) is 0 Å². The number of hydrogen-bond acceptors (Lipinski definition) is 2. The summed E-state index contributed by atoms with van der Waals surface area (Å²) in [6.07, 6.45) is 2.31. The van der Waals surface area contributed by atoms with Crippen LogP contribution in [0.5, 0.6) is 0 Å². The van der Waals surface area contributed by atoms with Crippen LogP contribution >= 0.6 is 15.9 Å². The zero-order valence-electron chi connectivity index (χ0n) is 11.5. The van der Waals surface area contributed by atoms with Gasteiger partial charge in [0, 0.05) is 11.3 Å². The lowest BCUT2D eigenvalue weighted by atomic mass is 10.0. The molecule has 4 heteroatoms. The number of rotatable bonds is 8. The largest absolute Gasteiger partial charge is 0.379 e. The molecule has 2 N–H and O–H groups in total. The minimum absolute atomic E-state index is 0.182. The molecule has 1 rings (SSSR count). The van der Waals surface area contributed by atoms with Gasteiger partial charge in [-0.2, -0.15) is 0 Å². The summed E-state index contributed by atoms with van der Waals surface area (Å²) in [5.41, 5.74) is 1.59. The average Bonchev–Trinajstić information content (AvgIpc) is 2.39. The number of para-hydroxylation sites is 1. The van der Waals surface area contributed by atoms with E-state index in [1.165, 1.54) is 0 Å². The molecule has 0 fully saturated rings. The van der Waals surface area contributed by atoms with Gasteiger partial charge in [0.1, 0.15) is 10.8 Å². The maximum absolute atomic E-state index is 14.1. The smallest absolute Gasteiger partial charge is 0.120 e. The summed E-state index contributed by atoms with van der Waals surface area (Å²) in [6, 6.07) is 7.35. The topological polar surface area (TPSA) is 35.9 Å². The van der Waals surface area contributed by atoms with Crippen LogP contribution in [0.1, 0.15) is 45.1 Å². The molecule has 19 heavy (non-hydrogen) atoms. The Labute approximate surface area is 123 Å². The first-order chi connectivity index (χ1) is 9.10. The summed E-state index contributed by atoms with van der Waals surface area (Å²) in [4.78, 5) is 0. The molecule has 2 atom stereocenters. The Morgan fingerprint density at radius 2 is 1.89 bits per heavy atom. The van der Waals surface area contributed by atoms with Gasteiger partial charge in [-0.1, -0.05) is 44.9 Å². The van der Waals surface area contributed by atoms with Gasteiger partial charge in [0.05, 0.1) is 6.04 Å². The van der Waals surface area contributed by atoms with Crippen molar-refractivity contribution in [2.45, 2.75) is 51.7 Å². The molecular weight excluding hydrogens is 307 g/mol. The lowest BCUT2D eigenvalue weighted by Gasteiger charge is -2.24. The third kappa shape index (κ3) is 4.94. The number of nitrogens with one attached hydrogen (secondary N) is 2. The van der Waals surface area contributed by atoms with E-state index in [4.69, 9.17) is 5.41 Å². The molecule has 0 aliphatic rings. The van der Waals surface area contributed by atoms with Crippen LogP contribution in [0.2, 0.25) is 0 Å². The molecule has 2 unspecified atom stereocenters. The highest BCUT2D eigenvalue weighted by Crippen LogP contribution is 2.23. The van der Waals surface area contributed by atoms with Crippen LogP contribution in [0.25, 0.3) is 0 Å². The first kappa shape index (κ1) is 16.2. The third-order valence-corrected chi connectivity index (χ3v) is 3.53. The van der Waals surface area contributed by atoms with E-state index in [0.29, 0.717) is 11.0 Å². The van der Waals surface area contributed by atoms with Crippen molar-refractivity contribution in [3.05, 3.63) is 29.8 Å². The van der Waals surface area contributed by atoms with E-state index in [2.05, 4.69) is 28.2 Å². The monoisotopic (exact) mass is 328 g/mol. The Morgan fingerprint density at radius 1 is 1.26 bits per heavy atom. The van der Waals surface area contributed by atoms with Crippen LogP contribution in [0.15, 0.2) is 24.3 Å². The normalized spacial score (nSPS) is 13.9. The summed E-state index contributed by atoms with van der Waals surface area (Å²) >= 11 is 3.18. The fourth-order valence-corrected chi connectivity index (χ4v) is 2.48. The van der Waals surface area contributed by atoms with Crippen molar-refractivity contribution in [2.75, 3.05) is 5.32 Å². The lowest BCUT2D eigenvalue weighted by Crippen LogP contribution is -2.31. The summed E-state index contributed by atoms with van der Waals surface area (Å²) in [6.45, 7) is 4.06. The molecule has 0 heterocycles. The van der Waals surface area contributed by atoms with E-state index >= 15 is 0 Å². The second-order valence-electron chi connectivity index (χ2n) is 4.70. The van der Waals surface area contributed by atoms with Gasteiger partial charge in [-0.25, -0.2) is 4.39 Å². The average molecular weight is 329 g/mol. The summed E-state index contributed by atoms with van der Waals surface area (Å²) < 4.78 is 14.5. The summed E-state index contributed by atoms with van der Waals surface area (Å²) in [5, 5.41) is 11.0. The third-order valence-electron chi connectivity index (χ3n) is 3.11. The van der Waals surface area contributed by atoms with Gasteiger partial charge in [-0.05, 0) is 34.8 Å². The highest BCUT2D eigenvalue weighted by molar-refractivity contribution is 9.18. The van der Waals surface area contributed by atoms with Gasteiger partial charge < -0.3 is 5.32 Å². The fourth-order valence-electron chi connectivity index (χ4n) is 2.13. The van der Waals surface area contributed by atoms with Gasteiger partial charge in [0.2, 0.25) is 0 Å². The van der Waals surface area contributed by atoms with Crippen molar-refractivity contribution < 1.29 is 4.39 Å². The van der Waals surface area contributed by atoms with Gasteiger partial charge in [-0.15, -0.1) is 0 Å². The summed E-state index contributed by atoms with van der Waals surface area (Å²) in [5.74, 6) is 0. The molecule has 106 valence electrons. The first-order valence-electron chi connectivity index (χ1n) is 6.84. The van der Waals surface area contributed by atoms with E-state index in [1.54, 1.807) is 0 Å². The standard InChI is InChI=1S/C15H22BrFN2/c1-3-7-12(17)14(8-4-2)19-13-10-6-5-9-11(13)15(16)18/h5-6,9-10,12,14,18-19H,3-4,7-8H2,1-2H3. The predicted molar refractivity (Wildman–Crippen MR) is 84.3 cm³/mol. The van der Waals surface area contributed by atoms with E-state index in [-0.39, 0.29) is 6.04 Å². The number of hydrogen-bond donors (Lipinski definition) is 2. The first-order valence-corrected chi connectivity index (χ1v) is 7.63. The second-order valence-corrected chi connectivity index (χ2v) is 5.50. The number of halogens is 2. The minimum Gasteiger partial charge on any atom is -0.379 e. The molecule has 0 bridgehead atoms. The zero-order chi connectivity index (χ0) is 14.3. The Kier molecular flexibility index (Phi) is 7.06. The van der Waals surface area contributed by atoms with Crippen LogP contribution in [-0.2, 0) is 0 Å². The molecule has 0 amide bonds. The van der Waals surface area contributed by atoms with E-state index in [9.17, 15) is 4.39 Å². The van der Waals surface area contributed by atoms with Crippen molar-refractivity contribution in [3.8, 4) is 0 Å². The van der Waals surface area contributed by atoms with E-state index in [1.807, 2.05) is 31.2 Å². The maximum Gasteiger partial charge on any atom is 0.120 e. The number of benzene rings is 1. The lowest BCUT2D eigenvalue weighted by molar-refractivity contribution is 0.266. The van der Waals surface area contributed by atoms with Crippen molar-refractivity contribution >= 4 is 26.2 Å². The van der Waals surface area contributed by atoms with Gasteiger partial charge >= 0.3 is 0 Å². The Hall–Kier alpha value is -0.900. The summed E-state index contributed by atoms with van der Waals surface area (Å²) in [7, 11) is 0. The molecule has 0 aliphatic heterocycles. The minimum atomic E-state index is -0.845. The molecule has 1 aromatic rings. The van der Waals surface area contributed by atoms with E-state index in [0.717, 1.165) is 30.5 Å². The SMILES string of the molecule is CCCC(F)C(CCC)Nc1ccccc1C(=N)Br. The van der Waals surface area contributed by atoms with Crippen LogP contribution in [0.4, 0.5) is 10.1 Å². The van der Waals surface area contributed by atoms with Crippen LogP contribution in [0.3, 0.4) is 0 Å². The molecule has 0 saturated heterocycles. The quantitative estimate of drug-likeness (QED) is 0.638. The Bertz CT molecular complexity index is 409. The molecule has 1 aromatic carbocycles.